The molecule has 0 radical (unpaired) electrons. The molecule has 0 spiro atoms. The molecular weight excluding hydrogens is 235 g/mol. The fraction of sp³-hybridized carbons (Fsp3) is 0.385. The van der Waals surface area contributed by atoms with Gasteiger partial charge in [0.05, 0.1) is 12.1 Å². The summed E-state index contributed by atoms with van der Waals surface area (Å²) in [4.78, 5) is 23.2. The molecule has 0 aromatic heterocycles. The zero-order valence-corrected chi connectivity index (χ0v) is 11.2. The Morgan fingerprint density at radius 3 is 2.39 bits per heavy atom. The van der Waals surface area contributed by atoms with Crippen molar-refractivity contribution in [1.82, 2.24) is 10.2 Å². The largest absolute Gasteiger partial charge is 0.345 e. The minimum Gasteiger partial charge on any atom is -0.345 e. The number of nitrogens with one attached hydrogen (secondary N) is 1. The van der Waals surface area contributed by atoms with Crippen molar-refractivity contribution in [3.8, 4) is 0 Å². The highest BCUT2D eigenvalue weighted by atomic mass is 19.1. The third-order valence-corrected chi connectivity index (χ3v) is 1.72. The molecule has 1 rings (SSSR count). The lowest BCUT2D eigenvalue weighted by Crippen LogP contribution is -2.26. The topological polar surface area (TPSA) is 49.4 Å². The molecule has 1 aromatic carbocycles. The second-order valence-electron chi connectivity index (χ2n) is 4.20. The van der Waals surface area contributed by atoms with E-state index >= 15 is 0 Å². The van der Waals surface area contributed by atoms with Crippen LogP contribution in [0.1, 0.15) is 15.9 Å². The first-order valence-corrected chi connectivity index (χ1v) is 5.47. The average Bonchev–Trinajstić information content (AvgIpc) is 2.25. The van der Waals surface area contributed by atoms with Gasteiger partial charge in [-0.05, 0) is 45.8 Å². The van der Waals surface area contributed by atoms with Crippen LogP contribution in [-0.4, -0.2) is 44.8 Å². The van der Waals surface area contributed by atoms with Gasteiger partial charge in [0.25, 0.3) is 5.91 Å². The summed E-state index contributed by atoms with van der Waals surface area (Å²) in [6.07, 6.45) is 0.546. The van der Waals surface area contributed by atoms with Gasteiger partial charge in [-0.3, -0.25) is 4.79 Å². The number of aldehydes is 1. The fourth-order valence-corrected chi connectivity index (χ4v) is 1.03. The Hall–Kier alpha value is -1.75. The molecule has 100 valence electrons. The summed E-state index contributed by atoms with van der Waals surface area (Å²) >= 11 is 0. The van der Waals surface area contributed by atoms with Gasteiger partial charge in [0, 0.05) is 0 Å². The molecule has 4 nitrogen and oxygen atoms in total. The van der Waals surface area contributed by atoms with Crippen molar-refractivity contribution in [1.29, 1.82) is 0 Å². The van der Waals surface area contributed by atoms with Gasteiger partial charge in [-0.2, -0.15) is 0 Å². The van der Waals surface area contributed by atoms with Gasteiger partial charge in [-0.25, -0.2) is 4.39 Å². The molecule has 5 heteroatoms. The lowest BCUT2D eigenvalue weighted by molar-refractivity contribution is -0.107. The number of carbonyl (C=O) groups is 2. The van der Waals surface area contributed by atoms with E-state index in [9.17, 15) is 14.0 Å². The van der Waals surface area contributed by atoms with Gasteiger partial charge in [-0.15, -0.1) is 0 Å². The zero-order chi connectivity index (χ0) is 14.1. The number of carbonyl (C=O) groups excluding carboxylic acids is 2. The summed E-state index contributed by atoms with van der Waals surface area (Å²) in [5, 5.41) is 2.26. The highest BCUT2D eigenvalue weighted by Crippen LogP contribution is 2.09. The summed E-state index contributed by atoms with van der Waals surface area (Å²) in [6, 6.07) is 4.31. The molecule has 0 saturated carbocycles. The van der Waals surface area contributed by atoms with Gasteiger partial charge in [0.1, 0.15) is 12.1 Å². The van der Waals surface area contributed by atoms with Crippen molar-refractivity contribution in [2.75, 3.05) is 27.7 Å². The molecule has 0 aliphatic rings. The third-order valence-electron chi connectivity index (χ3n) is 1.72. The highest BCUT2D eigenvalue weighted by molar-refractivity contribution is 5.95. The number of hydrogen-bond acceptors (Lipinski definition) is 3. The smallest absolute Gasteiger partial charge is 0.254 e. The quantitative estimate of drug-likeness (QED) is 0.826. The van der Waals surface area contributed by atoms with Gasteiger partial charge in [0.15, 0.2) is 0 Å². The van der Waals surface area contributed by atoms with Crippen molar-refractivity contribution in [3.05, 3.63) is 35.1 Å². The SMILES string of the molecule is CN(C)C.Cc1ccc(C(=O)NCC=O)c(F)c1. The van der Waals surface area contributed by atoms with Crippen LogP contribution in [0.15, 0.2) is 18.2 Å². The third kappa shape index (κ3) is 6.75. The van der Waals surface area contributed by atoms with Crippen molar-refractivity contribution in [2.45, 2.75) is 6.92 Å². The van der Waals surface area contributed by atoms with Crippen molar-refractivity contribution < 1.29 is 14.0 Å². The normalized spacial score (nSPS) is 9.44. The predicted octanol–water partition coefficient (Wildman–Crippen LogP) is 1.24. The Morgan fingerprint density at radius 1 is 1.39 bits per heavy atom. The minimum atomic E-state index is -0.576. The lowest BCUT2D eigenvalue weighted by atomic mass is 10.1. The van der Waals surface area contributed by atoms with Crippen molar-refractivity contribution in [3.63, 3.8) is 0 Å². The van der Waals surface area contributed by atoms with E-state index in [-0.39, 0.29) is 12.1 Å². The molecule has 0 saturated heterocycles. The molecule has 0 heterocycles. The Balaban J connectivity index is 0.000000631. The van der Waals surface area contributed by atoms with Crippen molar-refractivity contribution in [2.24, 2.45) is 0 Å². The number of nitrogens with zero attached hydrogens (tertiary/aromatic N) is 1. The number of benzene rings is 1. The molecule has 0 fully saturated rings. The van der Waals surface area contributed by atoms with Gasteiger partial charge < -0.3 is 15.0 Å². The first-order valence-electron chi connectivity index (χ1n) is 5.47. The van der Waals surface area contributed by atoms with Crippen LogP contribution in [0.4, 0.5) is 4.39 Å². The number of halogens is 1. The van der Waals surface area contributed by atoms with E-state index in [2.05, 4.69) is 5.32 Å². The molecule has 1 amide bonds. The first kappa shape index (κ1) is 16.2. The summed E-state index contributed by atoms with van der Waals surface area (Å²) < 4.78 is 13.2. The van der Waals surface area contributed by atoms with E-state index in [0.29, 0.717) is 6.29 Å². The summed E-state index contributed by atoms with van der Waals surface area (Å²) in [5.41, 5.74) is 0.701. The molecule has 18 heavy (non-hydrogen) atoms. The molecule has 1 N–H and O–H groups in total. The Kier molecular flexibility index (Phi) is 7.54. The van der Waals surface area contributed by atoms with Crippen LogP contribution in [0, 0.1) is 12.7 Å². The Bertz CT molecular complexity index is 403. The van der Waals surface area contributed by atoms with E-state index in [1.165, 1.54) is 12.1 Å². The zero-order valence-electron chi connectivity index (χ0n) is 11.2. The van der Waals surface area contributed by atoms with E-state index in [0.717, 1.165) is 5.56 Å². The number of aryl methyl sites for hydroxylation is 1. The standard InChI is InChI=1S/C10H10FNO2.C3H9N/c1-7-2-3-8(9(11)6-7)10(14)12-4-5-13;1-4(2)3/h2-3,5-6H,4H2,1H3,(H,12,14);1-3H3. The molecule has 0 unspecified atom stereocenters. The summed E-state index contributed by atoms with van der Waals surface area (Å²) in [6.45, 7) is 1.63. The van der Waals surface area contributed by atoms with Gasteiger partial charge in [0.2, 0.25) is 0 Å². The second kappa shape index (κ2) is 8.36. The Labute approximate surface area is 107 Å². The minimum absolute atomic E-state index is 0.0440. The average molecular weight is 254 g/mol. The molecule has 0 aliphatic carbocycles. The second-order valence-corrected chi connectivity index (χ2v) is 4.20. The summed E-state index contributed by atoms with van der Waals surface area (Å²) in [7, 11) is 6.00. The number of rotatable bonds is 3. The maximum Gasteiger partial charge on any atom is 0.254 e. The molecule has 0 aliphatic heterocycles. The number of hydrogen-bond donors (Lipinski definition) is 1. The first-order chi connectivity index (χ1) is 8.38. The molecule has 0 bridgehead atoms. The monoisotopic (exact) mass is 254 g/mol. The maximum atomic E-state index is 13.2. The predicted molar refractivity (Wildman–Crippen MR) is 69.1 cm³/mol. The van der Waals surface area contributed by atoms with Crippen LogP contribution >= 0.6 is 0 Å². The van der Waals surface area contributed by atoms with Crippen LogP contribution in [0.5, 0.6) is 0 Å². The van der Waals surface area contributed by atoms with E-state index in [1.807, 2.05) is 26.0 Å². The molecular formula is C13H19FN2O2. The maximum absolute atomic E-state index is 13.2. The van der Waals surface area contributed by atoms with Crippen LogP contribution in [0.2, 0.25) is 0 Å². The van der Waals surface area contributed by atoms with Gasteiger partial charge in [-0.1, -0.05) is 6.07 Å². The number of amides is 1. The summed E-state index contributed by atoms with van der Waals surface area (Å²) in [5.74, 6) is -1.15. The highest BCUT2D eigenvalue weighted by Gasteiger charge is 2.10. The van der Waals surface area contributed by atoms with Crippen LogP contribution in [-0.2, 0) is 4.79 Å². The van der Waals surface area contributed by atoms with Crippen LogP contribution in [0.25, 0.3) is 0 Å². The Morgan fingerprint density at radius 2 is 1.94 bits per heavy atom. The fourth-order valence-electron chi connectivity index (χ4n) is 1.03. The molecule has 1 aromatic rings. The molecule has 0 atom stereocenters. The van der Waals surface area contributed by atoms with Gasteiger partial charge >= 0.3 is 0 Å². The lowest BCUT2D eigenvalue weighted by Gasteiger charge is -2.03. The van der Waals surface area contributed by atoms with E-state index in [1.54, 1.807) is 13.0 Å². The van der Waals surface area contributed by atoms with Crippen LogP contribution in [0.3, 0.4) is 0 Å². The van der Waals surface area contributed by atoms with E-state index < -0.39 is 11.7 Å². The van der Waals surface area contributed by atoms with Crippen LogP contribution < -0.4 is 5.32 Å². The van der Waals surface area contributed by atoms with Crippen molar-refractivity contribution >= 4 is 12.2 Å². The van der Waals surface area contributed by atoms with E-state index in [4.69, 9.17) is 0 Å².